The highest BCUT2D eigenvalue weighted by Crippen LogP contribution is 2.24. The first-order valence-corrected chi connectivity index (χ1v) is 10.1. The fraction of sp³-hybridized carbons (Fsp3) is 0.571. The van der Waals surface area contributed by atoms with Crippen molar-refractivity contribution in [2.45, 2.75) is 51.5 Å². The average Bonchev–Trinajstić information content (AvgIpc) is 2.69. The van der Waals surface area contributed by atoms with Crippen LogP contribution in [0.25, 0.3) is 0 Å². The first-order chi connectivity index (χ1) is 13.4. The quantitative estimate of drug-likeness (QED) is 0.738. The highest BCUT2D eigenvalue weighted by molar-refractivity contribution is 5.95. The number of nitrogens with zero attached hydrogens (tertiary/aromatic N) is 1. The SMILES string of the molecule is CC1CCN(C(=O)c2ccc(NC(=O)NC3CCC(C(=O)O)CC3)cc2)CC1. The summed E-state index contributed by atoms with van der Waals surface area (Å²) in [6.07, 6.45) is 4.61. The first-order valence-electron chi connectivity index (χ1n) is 10.1. The van der Waals surface area contributed by atoms with Crippen LogP contribution in [0.1, 0.15) is 55.8 Å². The number of hydrogen-bond donors (Lipinski definition) is 3. The van der Waals surface area contributed by atoms with E-state index >= 15 is 0 Å². The number of likely N-dealkylation sites (tertiary alicyclic amines) is 1. The number of hydrogen-bond acceptors (Lipinski definition) is 3. The fourth-order valence-corrected chi connectivity index (χ4v) is 3.93. The summed E-state index contributed by atoms with van der Waals surface area (Å²) in [5, 5.41) is 14.7. The summed E-state index contributed by atoms with van der Waals surface area (Å²) in [6.45, 7) is 3.81. The number of urea groups is 1. The van der Waals surface area contributed by atoms with Crippen molar-refractivity contribution in [3.63, 3.8) is 0 Å². The molecule has 1 aromatic carbocycles. The van der Waals surface area contributed by atoms with Crippen molar-refractivity contribution in [1.29, 1.82) is 0 Å². The van der Waals surface area contributed by atoms with Crippen molar-refractivity contribution in [1.82, 2.24) is 10.2 Å². The molecule has 0 spiro atoms. The third kappa shape index (κ3) is 5.24. The van der Waals surface area contributed by atoms with E-state index in [0.29, 0.717) is 42.9 Å². The van der Waals surface area contributed by atoms with Crippen LogP contribution in [0.5, 0.6) is 0 Å². The Morgan fingerprint density at radius 3 is 2.14 bits per heavy atom. The molecule has 2 fully saturated rings. The topological polar surface area (TPSA) is 98.7 Å². The molecule has 1 saturated carbocycles. The molecular formula is C21H29N3O4. The summed E-state index contributed by atoms with van der Waals surface area (Å²) < 4.78 is 0. The molecule has 0 aromatic heterocycles. The molecular weight excluding hydrogens is 358 g/mol. The number of benzene rings is 1. The normalized spacial score (nSPS) is 23.1. The zero-order valence-electron chi connectivity index (χ0n) is 16.3. The predicted molar refractivity (Wildman–Crippen MR) is 106 cm³/mol. The van der Waals surface area contributed by atoms with Gasteiger partial charge in [-0.2, -0.15) is 0 Å². The first kappa shape index (κ1) is 20.2. The monoisotopic (exact) mass is 387 g/mol. The van der Waals surface area contributed by atoms with E-state index in [0.717, 1.165) is 25.9 Å². The highest BCUT2D eigenvalue weighted by Gasteiger charge is 2.26. The smallest absolute Gasteiger partial charge is 0.319 e. The maximum atomic E-state index is 12.6. The third-order valence-electron chi connectivity index (χ3n) is 5.87. The number of carboxylic acid groups (broad SMARTS) is 1. The second-order valence-electron chi connectivity index (χ2n) is 8.04. The lowest BCUT2D eigenvalue weighted by molar-refractivity contribution is -0.142. The van der Waals surface area contributed by atoms with Gasteiger partial charge in [-0.3, -0.25) is 9.59 Å². The highest BCUT2D eigenvalue weighted by atomic mass is 16.4. The molecule has 0 atom stereocenters. The van der Waals surface area contributed by atoms with Crippen molar-refractivity contribution in [2.75, 3.05) is 18.4 Å². The van der Waals surface area contributed by atoms with Crippen LogP contribution in [0.15, 0.2) is 24.3 Å². The number of anilines is 1. The molecule has 3 amide bonds. The van der Waals surface area contributed by atoms with Crippen molar-refractivity contribution in [2.24, 2.45) is 11.8 Å². The summed E-state index contributed by atoms with van der Waals surface area (Å²) in [7, 11) is 0. The van der Waals surface area contributed by atoms with Crippen molar-refractivity contribution < 1.29 is 19.5 Å². The van der Waals surface area contributed by atoms with Crippen LogP contribution in [0.4, 0.5) is 10.5 Å². The second kappa shape index (κ2) is 9.08. The Bertz CT molecular complexity index is 703. The molecule has 0 radical (unpaired) electrons. The summed E-state index contributed by atoms with van der Waals surface area (Å²) in [5.74, 6) is -0.336. The standard InChI is InChI=1S/C21H29N3O4/c1-14-10-12-24(13-11-14)19(25)15-2-6-17(7-3-15)22-21(28)23-18-8-4-16(5-9-18)20(26)27/h2-3,6-7,14,16,18H,4-5,8-13H2,1H3,(H,26,27)(H2,22,23,28). The van der Waals surface area contributed by atoms with E-state index in [1.165, 1.54) is 0 Å². The number of nitrogens with one attached hydrogen (secondary N) is 2. The zero-order valence-corrected chi connectivity index (χ0v) is 16.3. The van der Waals surface area contributed by atoms with Gasteiger partial charge in [0.25, 0.3) is 5.91 Å². The van der Waals surface area contributed by atoms with Gasteiger partial charge in [0.05, 0.1) is 5.92 Å². The molecule has 28 heavy (non-hydrogen) atoms. The minimum Gasteiger partial charge on any atom is -0.481 e. The van der Waals surface area contributed by atoms with Crippen LogP contribution in [0, 0.1) is 11.8 Å². The zero-order chi connectivity index (χ0) is 20.1. The van der Waals surface area contributed by atoms with Crippen LogP contribution in [0.3, 0.4) is 0 Å². The van der Waals surface area contributed by atoms with E-state index in [4.69, 9.17) is 5.11 Å². The Morgan fingerprint density at radius 1 is 0.964 bits per heavy atom. The molecule has 2 aliphatic rings. The van der Waals surface area contributed by atoms with Crippen molar-refractivity contribution in [3.05, 3.63) is 29.8 Å². The van der Waals surface area contributed by atoms with Crippen LogP contribution >= 0.6 is 0 Å². The van der Waals surface area contributed by atoms with Gasteiger partial charge in [-0.15, -0.1) is 0 Å². The molecule has 7 heteroatoms. The third-order valence-corrected chi connectivity index (χ3v) is 5.87. The Labute approximate surface area is 165 Å². The molecule has 1 aliphatic heterocycles. The summed E-state index contributed by atoms with van der Waals surface area (Å²) in [5.41, 5.74) is 1.26. The average molecular weight is 387 g/mol. The van der Waals surface area contributed by atoms with Gasteiger partial charge in [-0.05, 0) is 68.7 Å². The van der Waals surface area contributed by atoms with Crippen molar-refractivity contribution >= 4 is 23.6 Å². The Balaban J connectivity index is 1.47. The lowest BCUT2D eigenvalue weighted by Crippen LogP contribution is -2.41. The minimum atomic E-state index is -0.753. The van der Waals surface area contributed by atoms with Gasteiger partial charge >= 0.3 is 12.0 Å². The molecule has 0 bridgehead atoms. The van der Waals surface area contributed by atoms with Gasteiger partial charge in [0.1, 0.15) is 0 Å². The molecule has 0 unspecified atom stereocenters. The summed E-state index contributed by atoms with van der Waals surface area (Å²) in [4.78, 5) is 37.6. The number of amides is 3. The maximum Gasteiger partial charge on any atom is 0.319 e. The number of aliphatic carboxylic acids is 1. The van der Waals surface area contributed by atoms with E-state index in [1.54, 1.807) is 24.3 Å². The number of piperidine rings is 1. The molecule has 152 valence electrons. The molecule has 1 saturated heterocycles. The largest absolute Gasteiger partial charge is 0.481 e. The van der Waals surface area contributed by atoms with Gasteiger partial charge in [0.15, 0.2) is 0 Å². The fourth-order valence-electron chi connectivity index (χ4n) is 3.93. The molecule has 3 rings (SSSR count). The molecule has 1 heterocycles. The minimum absolute atomic E-state index is 0.00190. The maximum absolute atomic E-state index is 12.6. The van der Waals surface area contributed by atoms with Crippen LogP contribution in [-0.4, -0.2) is 47.0 Å². The molecule has 1 aromatic rings. The number of carbonyl (C=O) groups excluding carboxylic acids is 2. The Hall–Kier alpha value is -2.57. The van der Waals surface area contributed by atoms with E-state index in [9.17, 15) is 14.4 Å². The van der Waals surface area contributed by atoms with Gasteiger partial charge in [0.2, 0.25) is 0 Å². The number of rotatable bonds is 4. The van der Waals surface area contributed by atoms with Crippen LogP contribution < -0.4 is 10.6 Å². The van der Waals surface area contributed by atoms with Gasteiger partial charge in [-0.1, -0.05) is 6.92 Å². The van der Waals surface area contributed by atoms with Gasteiger partial charge in [-0.25, -0.2) is 4.79 Å². The molecule has 3 N–H and O–H groups in total. The lowest BCUT2D eigenvalue weighted by atomic mass is 9.86. The molecule has 1 aliphatic carbocycles. The van der Waals surface area contributed by atoms with E-state index in [-0.39, 0.29) is 23.9 Å². The van der Waals surface area contributed by atoms with E-state index in [1.807, 2.05) is 4.90 Å². The van der Waals surface area contributed by atoms with E-state index < -0.39 is 5.97 Å². The van der Waals surface area contributed by atoms with Gasteiger partial charge in [0, 0.05) is 30.4 Å². The lowest BCUT2D eigenvalue weighted by Gasteiger charge is -2.30. The summed E-state index contributed by atoms with van der Waals surface area (Å²) >= 11 is 0. The predicted octanol–water partition coefficient (Wildman–Crippen LogP) is 3.32. The summed E-state index contributed by atoms with van der Waals surface area (Å²) in [6, 6.07) is 6.66. The van der Waals surface area contributed by atoms with Crippen LogP contribution in [-0.2, 0) is 4.79 Å². The van der Waals surface area contributed by atoms with E-state index in [2.05, 4.69) is 17.6 Å². The Kier molecular flexibility index (Phi) is 6.54. The Morgan fingerprint density at radius 2 is 1.57 bits per heavy atom. The van der Waals surface area contributed by atoms with Gasteiger partial charge < -0.3 is 20.6 Å². The van der Waals surface area contributed by atoms with Crippen molar-refractivity contribution in [3.8, 4) is 0 Å². The van der Waals surface area contributed by atoms with Crippen LogP contribution in [0.2, 0.25) is 0 Å². The number of carbonyl (C=O) groups is 3. The number of carboxylic acids is 1. The molecule has 7 nitrogen and oxygen atoms in total. The second-order valence-corrected chi connectivity index (χ2v) is 8.04.